The summed E-state index contributed by atoms with van der Waals surface area (Å²) in [5.41, 5.74) is 4.96. The van der Waals surface area contributed by atoms with E-state index in [1.807, 2.05) is 30.3 Å². The van der Waals surface area contributed by atoms with Crippen molar-refractivity contribution in [2.45, 2.75) is 25.7 Å². The molecule has 0 bridgehead atoms. The van der Waals surface area contributed by atoms with Gasteiger partial charge in [-0.1, -0.05) is 6.07 Å². The second-order valence-electron chi connectivity index (χ2n) is 6.06. The van der Waals surface area contributed by atoms with Crippen molar-refractivity contribution in [2.24, 2.45) is 0 Å². The topological polar surface area (TPSA) is 57.7 Å². The summed E-state index contributed by atoms with van der Waals surface area (Å²) in [6, 6.07) is 9.69. The van der Waals surface area contributed by atoms with Gasteiger partial charge in [0.05, 0.1) is 25.0 Å². The molecule has 0 fully saturated rings. The minimum Gasteiger partial charge on any atom is -0.478 e. The second-order valence-corrected chi connectivity index (χ2v) is 6.06. The number of rotatable bonds is 6. The number of pyridine rings is 1. The van der Waals surface area contributed by atoms with E-state index in [1.54, 1.807) is 7.11 Å². The van der Waals surface area contributed by atoms with Crippen LogP contribution in [0.25, 0.3) is 11.1 Å². The SMILES string of the molecule is COCCCOc1ccc2c(n1)CCCc1ccc(C(=O)OC)cc1-2. The zero-order valence-corrected chi connectivity index (χ0v) is 14.7. The van der Waals surface area contributed by atoms with Crippen molar-refractivity contribution >= 4 is 5.97 Å². The van der Waals surface area contributed by atoms with Crippen molar-refractivity contribution in [1.29, 1.82) is 0 Å². The molecule has 1 heterocycles. The predicted molar refractivity (Wildman–Crippen MR) is 95.0 cm³/mol. The van der Waals surface area contributed by atoms with Gasteiger partial charge in [0.25, 0.3) is 0 Å². The van der Waals surface area contributed by atoms with Crippen LogP contribution in [0, 0.1) is 0 Å². The summed E-state index contributed by atoms with van der Waals surface area (Å²) in [6.07, 6.45) is 3.72. The lowest BCUT2D eigenvalue weighted by atomic mass is 9.96. The summed E-state index contributed by atoms with van der Waals surface area (Å²) in [5.74, 6) is 0.321. The first-order chi connectivity index (χ1) is 12.2. The predicted octanol–water partition coefficient (Wildman–Crippen LogP) is 3.44. The number of aryl methyl sites for hydroxylation is 2. The number of carbonyl (C=O) groups is 1. The van der Waals surface area contributed by atoms with E-state index in [2.05, 4.69) is 4.98 Å². The first-order valence-electron chi connectivity index (χ1n) is 8.56. The smallest absolute Gasteiger partial charge is 0.337 e. The van der Waals surface area contributed by atoms with Crippen molar-refractivity contribution in [2.75, 3.05) is 27.4 Å². The Morgan fingerprint density at radius 1 is 1.08 bits per heavy atom. The standard InChI is InChI=1S/C20H23NO4/c1-23-11-4-12-25-19-10-9-16-17-13-15(20(22)24-2)8-7-14(17)5-3-6-18(16)21-19/h7-10,13H,3-6,11-12H2,1-2H3. The highest BCUT2D eigenvalue weighted by Crippen LogP contribution is 2.33. The van der Waals surface area contributed by atoms with Crippen LogP contribution < -0.4 is 4.74 Å². The van der Waals surface area contributed by atoms with Crippen molar-refractivity contribution in [3.8, 4) is 17.0 Å². The van der Waals surface area contributed by atoms with Gasteiger partial charge in [0.2, 0.25) is 5.88 Å². The van der Waals surface area contributed by atoms with Crippen LogP contribution in [0.2, 0.25) is 0 Å². The summed E-state index contributed by atoms with van der Waals surface area (Å²) in [6.45, 7) is 1.26. The number of nitrogens with zero attached hydrogens (tertiary/aromatic N) is 1. The van der Waals surface area contributed by atoms with E-state index < -0.39 is 0 Å². The fraction of sp³-hybridized carbons (Fsp3) is 0.400. The maximum absolute atomic E-state index is 11.9. The Morgan fingerprint density at radius 2 is 1.96 bits per heavy atom. The zero-order chi connectivity index (χ0) is 17.6. The molecule has 132 valence electrons. The number of hydrogen-bond donors (Lipinski definition) is 0. The minimum atomic E-state index is -0.320. The second kappa shape index (κ2) is 8.12. The molecule has 1 aliphatic carbocycles. The third-order valence-electron chi connectivity index (χ3n) is 4.37. The maximum Gasteiger partial charge on any atom is 0.337 e. The Kier molecular flexibility index (Phi) is 5.66. The molecule has 5 nitrogen and oxygen atoms in total. The Labute approximate surface area is 147 Å². The molecule has 0 amide bonds. The monoisotopic (exact) mass is 341 g/mol. The van der Waals surface area contributed by atoms with Gasteiger partial charge >= 0.3 is 5.97 Å². The normalized spacial score (nSPS) is 12.7. The molecule has 25 heavy (non-hydrogen) atoms. The lowest BCUT2D eigenvalue weighted by Gasteiger charge is -2.12. The minimum absolute atomic E-state index is 0.320. The molecule has 0 spiro atoms. The Balaban J connectivity index is 1.89. The Hall–Kier alpha value is -2.40. The highest BCUT2D eigenvalue weighted by atomic mass is 16.5. The van der Waals surface area contributed by atoms with Gasteiger partial charge in [-0.25, -0.2) is 9.78 Å². The fourth-order valence-electron chi connectivity index (χ4n) is 3.11. The fourth-order valence-corrected chi connectivity index (χ4v) is 3.11. The maximum atomic E-state index is 11.9. The zero-order valence-electron chi connectivity index (χ0n) is 14.7. The number of benzene rings is 1. The Bertz CT molecular complexity index is 757. The van der Waals surface area contributed by atoms with Gasteiger partial charge in [-0.3, -0.25) is 0 Å². The van der Waals surface area contributed by atoms with E-state index in [-0.39, 0.29) is 5.97 Å². The molecule has 0 aliphatic heterocycles. The number of aromatic nitrogens is 1. The van der Waals surface area contributed by atoms with Crippen LogP contribution >= 0.6 is 0 Å². The van der Waals surface area contributed by atoms with E-state index in [1.165, 1.54) is 12.7 Å². The molecule has 0 atom stereocenters. The number of carbonyl (C=O) groups excluding carboxylic acids is 1. The van der Waals surface area contributed by atoms with Crippen molar-refractivity contribution in [3.63, 3.8) is 0 Å². The van der Waals surface area contributed by atoms with Crippen molar-refractivity contribution in [1.82, 2.24) is 4.98 Å². The molecule has 0 radical (unpaired) electrons. The molecular weight excluding hydrogens is 318 g/mol. The van der Waals surface area contributed by atoms with Gasteiger partial charge in [0.1, 0.15) is 0 Å². The molecule has 1 aliphatic rings. The third-order valence-corrected chi connectivity index (χ3v) is 4.37. The quantitative estimate of drug-likeness (QED) is 0.595. The summed E-state index contributed by atoms with van der Waals surface area (Å²) in [5, 5.41) is 0. The lowest BCUT2D eigenvalue weighted by molar-refractivity contribution is 0.0601. The highest BCUT2D eigenvalue weighted by Gasteiger charge is 2.18. The summed E-state index contributed by atoms with van der Waals surface area (Å²) < 4.78 is 15.6. The molecule has 0 saturated carbocycles. The van der Waals surface area contributed by atoms with Crippen molar-refractivity contribution < 1.29 is 19.0 Å². The van der Waals surface area contributed by atoms with E-state index in [9.17, 15) is 4.79 Å². The van der Waals surface area contributed by atoms with Crippen LogP contribution in [0.1, 0.15) is 34.5 Å². The van der Waals surface area contributed by atoms with Gasteiger partial charge in [-0.15, -0.1) is 0 Å². The van der Waals surface area contributed by atoms with E-state index in [0.717, 1.165) is 42.5 Å². The van der Waals surface area contributed by atoms with Crippen LogP contribution in [0.3, 0.4) is 0 Å². The van der Waals surface area contributed by atoms with Crippen LogP contribution in [0.4, 0.5) is 0 Å². The number of fused-ring (bicyclic) bond motifs is 3. The first-order valence-corrected chi connectivity index (χ1v) is 8.56. The summed E-state index contributed by atoms with van der Waals surface area (Å²) in [7, 11) is 3.08. The largest absolute Gasteiger partial charge is 0.478 e. The van der Waals surface area contributed by atoms with Gasteiger partial charge < -0.3 is 14.2 Å². The average Bonchev–Trinajstić information content (AvgIpc) is 2.83. The molecule has 5 heteroatoms. The average molecular weight is 341 g/mol. The third kappa shape index (κ3) is 3.99. The van der Waals surface area contributed by atoms with E-state index in [4.69, 9.17) is 14.2 Å². The van der Waals surface area contributed by atoms with Gasteiger partial charge in [-0.2, -0.15) is 0 Å². The molecule has 0 unspecified atom stereocenters. The molecule has 3 rings (SSSR count). The molecule has 0 N–H and O–H groups in total. The molecular formula is C20H23NO4. The number of methoxy groups -OCH3 is 2. The van der Waals surface area contributed by atoms with E-state index in [0.29, 0.717) is 24.7 Å². The lowest BCUT2D eigenvalue weighted by Crippen LogP contribution is -2.04. The highest BCUT2D eigenvalue weighted by molar-refractivity contribution is 5.91. The number of esters is 1. The molecule has 1 aromatic carbocycles. The van der Waals surface area contributed by atoms with E-state index >= 15 is 0 Å². The first kappa shape index (κ1) is 17.4. The van der Waals surface area contributed by atoms with Gasteiger partial charge in [0, 0.05) is 31.8 Å². The molecule has 2 aromatic rings. The summed E-state index contributed by atoms with van der Waals surface area (Å²) >= 11 is 0. The van der Waals surface area contributed by atoms with Crippen LogP contribution in [0.5, 0.6) is 5.88 Å². The van der Waals surface area contributed by atoms with Crippen LogP contribution in [-0.2, 0) is 22.3 Å². The van der Waals surface area contributed by atoms with Crippen molar-refractivity contribution in [3.05, 3.63) is 47.2 Å². The van der Waals surface area contributed by atoms with Crippen LogP contribution in [0.15, 0.2) is 30.3 Å². The summed E-state index contributed by atoms with van der Waals surface area (Å²) in [4.78, 5) is 16.5. The number of hydrogen-bond acceptors (Lipinski definition) is 5. The van der Waals surface area contributed by atoms with Crippen LogP contribution in [-0.4, -0.2) is 38.4 Å². The van der Waals surface area contributed by atoms with Gasteiger partial charge in [0.15, 0.2) is 0 Å². The number of ether oxygens (including phenoxy) is 3. The molecule has 1 aromatic heterocycles. The molecule has 0 saturated heterocycles. The Morgan fingerprint density at radius 3 is 2.76 bits per heavy atom. The van der Waals surface area contributed by atoms with Gasteiger partial charge in [-0.05, 0) is 48.6 Å².